The van der Waals surface area contributed by atoms with Crippen LogP contribution in [-0.2, 0) is 0 Å². The molecule has 1 aliphatic heterocycles. The smallest absolute Gasteiger partial charge is 0.0362 e. The standard InChI is InChI=1S/C11H19N/c1-9(2)11-5-7-12(8-6-11)10(3)4/h5-7,9-10H,8H2,1-4H3. The molecule has 1 aliphatic rings. The topological polar surface area (TPSA) is 3.24 Å². The van der Waals surface area contributed by atoms with Gasteiger partial charge in [0.1, 0.15) is 0 Å². The zero-order valence-electron chi connectivity index (χ0n) is 8.54. The highest BCUT2D eigenvalue weighted by Gasteiger charge is 2.08. The second-order valence-corrected chi connectivity index (χ2v) is 3.97. The normalized spacial score (nSPS) is 17.5. The molecule has 12 heavy (non-hydrogen) atoms. The van der Waals surface area contributed by atoms with Crippen molar-refractivity contribution in [3.8, 4) is 0 Å². The van der Waals surface area contributed by atoms with Crippen LogP contribution in [0.2, 0.25) is 0 Å². The van der Waals surface area contributed by atoms with Crippen LogP contribution in [0.1, 0.15) is 27.7 Å². The molecule has 0 aromatic rings. The van der Waals surface area contributed by atoms with Crippen molar-refractivity contribution >= 4 is 0 Å². The molecule has 0 fully saturated rings. The van der Waals surface area contributed by atoms with Crippen molar-refractivity contribution in [1.82, 2.24) is 4.90 Å². The Bertz CT molecular complexity index is 199. The van der Waals surface area contributed by atoms with E-state index in [1.807, 2.05) is 0 Å². The molecule has 0 N–H and O–H groups in total. The molecule has 0 radical (unpaired) electrons. The van der Waals surface area contributed by atoms with E-state index in [0.29, 0.717) is 12.0 Å². The molecule has 0 saturated heterocycles. The molecular weight excluding hydrogens is 146 g/mol. The van der Waals surface area contributed by atoms with E-state index < -0.39 is 0 Å². The highest BCUT2D eigenvalue weighted by atomic mass is 15.1. The molecule has 1 heterocycles. The summed E-state index contributed by atoms with van der Waals surface area (Å²) < 4.78 is 0. The van der Waals surface area contributed by atoms with Gasteiger partial charge in [-0.3, -0.25) is 0 Å². The average molecular weight is 165 g/mol. The van der Waals surface area contributed by atoms with Gasteiger partial charge in [0.25, 0.3) is 0 Å². The fraction of sp³-hybridized carbons (Fsp3) is 0.636. The zero-order chi connectivity index (χ0) is 9.14. The van der Waals surface area contributed by atoms with Crippen LogP contribution in [0.15, 0.2) is 23.9 Å². The molecule has 0 aliphatic carbocycles. The predicted octanol–water partition coefficient (Wildman–Crippen LogP) is 2.81. The molecule has 0 atom stereocenters. The van der Waals surface area contributed by atoms with E-state index >= 15 is 0 Å². The molecular formula is C11H19N. The third-order valence-corrected chi connectivity index (χ3v) is 2.33. The Labute approximate surface area is 75.8 Å². The van der Waals surface area contributed by atoms with Crippen LogP contribution in [0, 0.1) is 5.92 Å². The molecule has 0 aromatic carbocycles. The lowest BCUT2D eigenvalue weighted by Crippen LogP contribution is -2.27. The van der Waals surface area contributed by atoms with E-state index in [0.717, 1.165) is 6.54 Å². The molecule has 1 nitrogen and oxygen atoms in total. The lowest BCUT2D eigenvalue weighted by Gasteiger charge is -2.27. The second-order valence-electron chi connectivity index (χ2n) is 3.97. The third-order valence-electron chi connectivity index (χ3n) is 2.33. The van der Waals surface area contributed by atoms with Gasteiger partial charge in [-0.05, 0) is 37.6 Å². The summed E-state index contributed by atoms with van der Waals surface area (Å²) in [7, 11) is 0. The van der Waals surface area contributed by atoms with Gasteiger partial charge in [0.15, 0.2) is 0 Å². The number of nitrogens with zero attached hydrogens (tertiary/aromatic N) is 1. The number of allylic oxidation sites excluding steroid dienone is 2. The van der Waals surface area contributed by atoms with Crippen LogP contribution in [0.4, 0.5) is 0 Å². The molecule has 0 saturated carbocycles. The van der Waals surface area contributed by atoms with E-state index in [1.165, 1.54) is 5.57 Å². The largest absolute Gasteiger partial charge is 0.371 e. The first-order chi connectivity index (χ1) is 5.61. The van der Waals surface area contributed by atoms with E-state index in [1.54, 1.807) is 0 Å². The summed E-state index contributed by atoms with van der Waals surface area (Å²) in [4.78, 5) is 2.34. The summed E-state index contributed by atoms with van der Waals surface area (Å²) in [5.41, 5.74) is 1.46. The first kappa shape index (κ1) is 9.37. The first-order valence-electron chi connectivity index (χ1n) is 4.75. The van der Waals surface area contributed by atoms with Gasteiger partial charge in [0, 0.05) is 12.6 Å². The van der Waals surface area contributed by atoms with Gasteiger partial charge in [0.05, 0.1) is 0 Å². The summed E-state index contributed by atoms with van der Waals surface area (Å²) in [5.74, 6) is 0.663. The van der Waals surface area contributed by atoms with E-state index in [4.69, 9.17) is 0 Å². The van der Waals surface area contributed by atoms with E-state index in [9.17, 15) is 0 Å². The quantitative estimate of drug-likeness (QED) is 0.608. The minimum Gasteiger partial charge on any atom is -0.371 e. The lowest BCUT2D eigenvalue weighted by molar-refractivity contribution is 0.337. The van der Waals surface area contributed by atoms with Crippen LogP contribution in [-0.4, -0.2) is 17.5 Å². The molecule has 1 rings (SSSR count). The summed E-state index contributed by atoms with van der Waals surface area (Å²) >= 11 is 0. The molecule has 0 spiro atoms. The maximum atomic E-state index is 2.34. The lowest BCUT2D eigenvalue weighted by atomic mass is 10.0. The number of rotatable bonds is 2. The Morgan fingerprint density at radius 2 is 1.92 bits per heavy atom. The van der Waals surface area contributed by atoms with Crippen molar-refractivity contribution in [1.29, 1.82) is 0 Å². The summed E-state index contributed by atoms with van der Waals surface area (Å²) in [6, 6.07) is 0.617. The van der Waals surface area contributed by atoms with Gasteiger partial charge in [-0.25, -0.2) is 0 Å². The van der Waals surface area contributed by atoms with Crippen molar-refractivity contribution in [2.24, 2.45) is 5.92 Å². The van der Waals surface area contributed by atoms with Gasteiger partial charge in [0.2, 0.25) is 0 Å². The van der Waals surface area contributed by atoms with Crippen LogP contribution in [0.5, 0.6) is 0 Å². The van der Waals surface area contributed by atoms with Crippen molar-refractivity contribution in [3.63, 3.8) is 0 Å². The first-order valence-corrected chi connectivity index (χ1v) is 4.75. The van der Waals surface area contributed by atoms with Gasteiger partial charge in [-0.1, -0.05) is 19.9 Å². The SMILES string of the molecule is CC(C)C1=CCN(C(C)C)C=C1. The molecule has 0 bridgehead atoms. The summed E-state index contributed by atoms with van der Waals surface area (Å²) in [5, 5.41) is 0. The minimum absolute atomic E-state index is 0.617. The molecule has 1 heteroatoms. The van der Waals surface area contributed by atoms with Crippen molar-refractivity contribution in [2.45, 2.75) is 33.7 Å². The Kier molecular flexibility index (Phi) is 2.96. The van der Waals surface area contributed by atoms with Crippen LogP contribution in [0.3, 0.4) is 0 Å². The van der Waals surface area contributed by atoms with Crippen LogP contribution >= 0.6 is 0 Å². The van der Waals surface area contributed by atoms with Gasteiger partial charge < -0.3 is 4.90 Å². The third kappa shape index (κ3) is 2.13. The summed E-state index contributed by atoms with van der Waals surface area (Å²) in [6.45, 7) is 9.99. The van der Waals surface area contributed by atoms with Crippen LogP contribution in [0.25, 0.3) is 0 Å². The van der Waals surface area contributed by atoms with Gasteiger partial charge in [-0.15, -0.1) is 0 Å². The molecule has 0 aromatic heterocycles. The highest BCUT2D eigenvalue weighted by molar-refractivity contribution is 5.24. The van der Waals surface area contributed by atoms with E-state index in [2.05, 4.69) is 50.9 Å². The fourth-order valence-corrected chi connectivity index (χ4v) is 1.33. The Morgan fingerprint density at radius 3 is 2.25 bits per heavy atom. The molecule has 0 amide bonds. The fourth-order valence-electron chi connectivity index (χ4n) is 1.33. The summed E-state index contributed by atoms with van der Waals surface area (Å²) in [6.07, 6.45) is 6.76. The maximum absolute atomic E-state index is 2.34. The second kappa shape index (κ2) is 3.79. The average Bonchev–Trinajstić information content (AvgIpc) is 2.04. The molecule has 68 valence electrons. The maximum Gasteiger partial charge on any atom is 0.0362 e. The Morgan fingerprint density at radius 1 is 1.25 bits per heavy atom. The van der Waals surface area contributed by atoms with Crippen molar-refractivity contribution < 1.29 is 0 Å². The van der Waals surface area contributed by atoms with Crippen molar-refractivity contribution in [2.75, 3.05) is 6.54 Å². The number of hydrogen-bond donors (Lipinski definition) is 0. The number of hydrogen-bond acceptors (Lipinski definition) is 1. The highest BCUT2D eigenvalue weighted by Crippen LogP contribution is 2.16. The Hall–Kier alpha value is -0.720. The van der Waals surface area contributed by atoms with Gasteiger partial charge in [-0.2, -0.15) is 0 Å². The zero-order valence-corrected chi connectivity index (χ0v) is 8.54. The monoisotopic (exact) mass is 165 g/mol. The van der Waals surface area contributed by atoms with Crippen LogP contribution < -0.4 is 0 Å². The Balaban J connectivity index is 2.55. The predicted molar refractivity (Wildman–Crippen MR) is 53.9 cm³/mol. The van der Waals surface area contributed by atoms with E-state index in [-0.39, 0.29) is 0 Å². The minimum atomic E-state index is 0.617. The van der Waals surface area contributed by atoms with Gasteiger partial charge >= 0.3 is 0 Å². The molecule has 0 unspecified atom stereocenters. The van der Waals surface area contributed by atoms with Crippen molar-refractivity contribution in [3.05, 3.63) is 23.9 Å².